The summed E-state index contributed by atoms with van der Waals surface area (Å²) < 4.78 is 0. The van der Waals surface area contributed by atoms with Crippen LogP contribution in [-0.4, -0.2) is 16.9 Å². The van der Waals surface area contributed by atoms with E-state index in [2.05, 4.69) is 40.1 Å². The fourth-order valence-corrected chi connectivity index (χ4v) is 3.51. The molecule has 0 unspecified atom stereocenters. The molecule has 2 aliphatic carbocycles. The summed E-state index contributed by atoms with van der Waals surface area (Å²) in [6.45, 7) is 0. The molecular weight excluding hydrogens is 278 g/mol. The maximum Gasteiger partial charge on any atom is 0.187 e. The lowest BCUT2D eigenvalue weighted by Crippen LogP contribution is -2.41. The molecule has 1 fully saturated rings. The Bertz CT molecular complexity index is 533. The van der Waals surface area contributed by atoms with Gasteiger partial charge in [0.05, 0.1) is 5.71 Å². The van der Waals surface area contributed by atoms with Crippen molar-refractivity contribution in [3.63, 3.8) is 0 Å². The van der Waals surface area contributed by atoms with Crippen LogP contribution in [0.2, 0.25) is 0 Å². The first-order valence-corrected chi connectivity index (χ1v) is 8.45. The zero-order valence-corrected chi connectivity index (χ0v) is 13.2. The lowest BCUT2D eigenvalue weighted by Gasteiger charge is -2.24. The number of rotatable bonds is 2. The van der Waals surface area contributed by atoms with E-state index in [1.165, 1.54) is 49.7 Å². The predicted molar refractivity (Wildman–Crippen MR) is 91.7 cm³/mol. The van der Waals surface area contributed by atoms with E-state index in [4.69, 9.17) is 12.2 Å². The van der Waals surface area contributed by atoms with Crippen LogP contribution in [0.15, 0.2) is 29.4 Å². The first-order chi connectivity index (χ1) is 10.3. The molecule has 2 N–H and O–H groups in total. The van der Waals surface area contributed by atoms with Crippen molar-refractivity contribution < 1.29 is 0 Å². The SMILES string of the molecule is S=C(N/N=C1\CCCc2ccccc21)NC1CCCCC1. The van der Waals surface area contributed by atoms with Crippen molar-refractivity contribution in [2.24, 2.45) is 5.10 Å². The van der Waals surface area contributed by atoms with Crippen molar-refractivity contribution in [2.75, 3.05) is 0 Å². The van der Waals surface area contributed by atoms with Gasteiger partial charge in [-0.1, -0.05) is 43.5 Å². The minimum absolute atomic E-state index is 0.526. The molecule has 0 atom stereocenters. The topological polar surface area (TPSA) is 36.4 Å². The summed E-state index contributed by atoms with van der Waals surface area (Å²) in [5, 5.41) is 8.61. The maximum atomic E-state index is 5.37. The van der Waals surface area contributed by atoms with Crippen molar-refractivity contribution in [1.29, 1.82) is 0 Å². The van der Waals surface area contributed by atoms with Crippen LogP contribution in [0, 0.1) is 0 Å². The van der Waals surface area contributed by atoms with Gasteiger partial charge in [0.15, 0.2) is 5.11 Å². The minimum Gasteiger partial charge on any atom is -0.359 e. The summed E-state index contributed by atoms with van der Waals surface area (Å²) in [5.74, 6) is 0. The molecule has 21 heavy (non-hydrogen) atoms. The van der Waals surface area contributed by atoms with E-state index in [0.29, 0.717) is 11.2 Å². The summed E-state index contributed by atoms with van der Waals surface area (Å²) in [6.07, 6.45) is 9.76. The number of nitrogens with one attached hydrogen (secondary N) is 2. The van der Waals surface area contributed by atoms with Crippen LogP contribution >= 0.6 is 12.2 Å². The molecule has 0 saturated heterocycles. The van der Waals surface area contributed by atoms with Gasteiger partial charge in [-0.2, -0.15) is 5.10 Å². The van der Waals surface area contributed by atoms with Crippen LogP contribution < -0.4 is 10.7 Å². The number of aryl methyl sites for hydroxylation is 1. The normalized spacial score (nSPS) is 20.9. The first-order valence-electron chi connectivity index (χ1n) is 8.04. The smallest absolute Gasteiger partial charge is 0.187 e. The summed E-state index contributed by atoms with van der Waals surface area (Å²) >= 11 is 5.37. The molecule has 2 aliphatic rings. The standard InChI is InChI=1S/C17H23N3S/c21-17(18-14-9-2-1-3-10-14)20-19-16-12-6-8-13-7-4-5-11-15(13)16/h4-5,7,11,14H,1-3,6,8-10,12H2,(H2,18,20,21)/b19-16+. The van der Waals surface area contributed by atoms with E-state index in [-0.39, 0.29) is 0 Å². The van der Waals surface area contributed by atoms with Crippen molar-refractivity contribution in [2.45, 2.75) is 57.4 Å². The fraction of sp³-hybridized carbons (Fsp3) is 0.529. The highest BCUT2D eigenvalue weighted by Crippen LogP contribution is 2.21. The number of hydrazone groups is 1. The van der Waals surface area contributed by atoms with Gasteiger partial charge in [0.25, 0.3) is 0 Å². The van der Waals surface area contributed by atoms with Crippen LogP contribution in [0.1, 0.15) is 56.1 Å². The zero-order valence-electron chi connectivity index (χ0n) is 12.4. The molecule has 112 valence electrons. The van der Waals surface area contributed by atoms with Crippen molar-refractivity contribution >= 4 is 23.0 Å². The Morgan fingerprint density at radius 2 is 1.86 bits per heavy atom. The second kappa shape index (κ2) is 7.03. The number of fused-ring (bicyclic) bond motifs is 1. The van der Waals surface area contributed by atoms with Crippen LogP contribution in [0.4, 0.5) is 0 Å². The third-order valence-corrected chi connectivity index (χ3v) is 4.63. The molecule has 0 radical (unpaired) electrons. The molecule has 3 nitrogen and oxygen atoms in total. The van der Waals surface area contributed by atoms with E-state index < -0.39 is 0 Å². The van der Waals surface area contributed by atoms with Gasteiger partial charge in [0, 0.05) is 11.6 Å². The van der Waals surface area contributed by atoms with Gasteiger partial charge < -0.3 is 5.32 Å². The Labute approximate surface area is 132 Å². The first kappa shape index (κ1) is 14.5. The minimum atomic E-state index is 0.526. The van der Waals surface area contributed by atoms with E-state index in [1.807, 2.05) is 0 Å². The van der Waals surface area contributed by atoms with E-state index in [1.54, 1.807) is 0 Å². The summed E-state index contributed by atoms with van der Waals surface area (Å²) in [6, 6.07) is 9.07. The molecule has 1 aromatic rings. The Kier molecular flexibility index (Phi) is 4.86. The number of nitrogens with zero attached hydrogens (tertiary/aromatic N) is 1. The third kappa shape index (κ3) is 3.82. The maximum absolute atomic E-state index is 5.37. The summed E-state index contributed by atoms with van der Waals surface area (Å²) in [7, 11) is 0. The van der Waals surface area contributed by atoms with Crippen molar-refractivity contribution in [1.82, 2.24) is 10.7 Å². The Morgan fingerprint density at radius 3 is 2.71 bits per heavy atom. The molecule has 0 aromatic heterocycles. The van der Waals surface area contributed by atoms with Crippen molar-refractivity contribution in [3.8, 4) is 0 Å². The van der Waals surface area contributed by atoms with Crippen LogP contribution in [-0.2, 0) is 6.42 Å². The van der Waals surface area contributed by atoms with E-state index in [9.17, 15) is 0 Å². The zero-order chi connectivity index (χ0) is 14.5. The van der Waals surface area contributed by atoms with Crippen LogP contribution in [0.3, 0.4) is 0 Å². The molecule has 0 spiro atoms. The highest BCUT2D eigenvalue weighted by Gasteiger charge is 2.16. The molecule has 1 aromatic carbocycles. The quantitative estimate of drug-likeness (QED) is 0.648. The molecule has 4 heteroatoms. The largest absolute Gasteiger partial charge is 0.359 e. The van der Waals surface area contributed by atoms with Gasteiger partial charge in [-0.25, -0.2) is 0 Å². The van der Waals surface area contributed by atoms with Crippen molar-refractivity contribution in [3.05, 3.63) is 35.4 Å². The number of hydrogen-bond donors (Lipinski definition) is 2. The molecule has 0 bridgehead atoms. The van der Waals surface area contributed by atoms with Gasteiger partial charge in [0.2, 0.25) is 0 Å². The fourth-order valence-electron chi connectivity index (χ4n) is 3.30. The second-order valence-electron chi connectivity index (χ2n) is 5.99. The Balaban J connectivity index is 1.60. The lowest BCUT2D eigenvalue weighted by atomic mass is 9.90. The van der Waals surface area contributed by atoms with Crippen LogP contribution in [0.5, 0.6) is 0 Å². The van der Waals surface area contributed by atoms with Gasteiger partial charge in [-0.3, -0.25) is 5.43 Å². The highest BCUT2D eigenvalue weighted by atomic mass is 32.1. The monoisotopic (exact) mass is 301 g/mol. The average molecular weight is 301 g/mol. The third-order valence-electron chi connectivity index (χ3n) is 4.42. The lowest BCUT2D eigenvalue weighted by molar-refractivity contribution is 0.412. The van der Waals surface area contributed by atoms with Gasteiger partial charge >= 0.3 is 0 Å². The molecule has 0 amide bonds. The second-order valence-corrected chi connectivity index (χ2v) is 6.40. The molecule has 3 rings (SSSR count). The highest BCUT2D eigenvalue weighted by molar-refractivity contribution is 7.80. The number of hydrogen-bond acceptors (Lipinski definition) is 2. The average Bonchev–Trinajstić information content (AvgIpc) is 2.54. The molecule has 1 saturated carbocycles. The van der Waals surface area contributed by atoms with Gasteiger partial charge in [-0.05, 0) is 49.9 Å². The molecule has 0 aliphatic heterocycles. The Morgan fingerprint density at radius 1 is 1.05 bits per heavy atom. The van der Waals surface area contributed by atoms with Crippen LogP contribution in [0.25, 0.3) is 0 Å². The molecular formula is C17H23N3S. The number of thiocarbonyl (C=S) groups is 1. The predicted octanol–water partition coefficient (Wildman–Crippen LogP) is 3.52. The Hall–Kier alpha value is -1.42. The summed E-state index contributed by atoms with van der Waals surface area (Å²) in [4.78, 5) is 0. The molecule has 0 heterocycles. The summed E-state index contributed by atoms with van der Waals surface area (Å²) in [5.41, 5.74) is 6.85. The van der Waals surface area contributed by atoms with Gasteiger partial charge in [0.1, 0.15) is 0 Å². The number of benzene rings is 1. The van der Waals surface area contributed by atoms with E-state index >= 15 is 0 Å². The van der Waals surface area contributed by atoms with E-state index in [0.717, 1.165) is 18.6 Å². The van der Waals surface area contributed by atoms with Gasteiger partial charge in [-0.15, -0.1) is 0 Å².